The van der Waals surface area contributed by atoms with Crippen molar-refractivity contribution in [1.29, 1.82) is 0 Å². The number of fused-ring (bicyclic) bond motifs is 1. The van der Waals surface area contributed by atoms with Crippen molar-refractivity contribution in [2.45, 2.75) is 31.7 Å². The van der Waals surface area contributed by atoms with Gasteiger partial charge in [-0.15, -0.1) is 0 Å². The summed E-state index contributed by atoms with van der Waals surface area (Å²) in [5.41, 5.74) is 3.81. The van der Waals surface area contributed by atoms with Crippen LogP contribution in [-0.4, -0.2) is 17.6 Å². The predicted molar refractivity (Wildman–Crippen MR) is 76.1 cm³/mol. The Kier molecular flexibility index (Phi) is 3.28. The van der Waals surface area contributed by atoms with Gasteiger partial charge in [-0.05, 0) is 60.9 Å². The van der Waals surface area contributed by atoms with E-state index in [4.69, 9.17) is 0 Å². The zero-order valence-corrected chi connectivity index (χ0v) is 10.7. The highest BCUT2D eigenvalue weighted by molar-refractivity contribution is 5.72. The van der Waals surface area contributed by atoms with E-state index in [1.165, 1.54) is 36.8 Å². The minimum atomic E-state index is 0.536. The fraction of sp³-hybridized carbons (Fsp3) is 0.438. The molecule has 1 aliphatic heterocycles. The SMILES string of the molecule is C=Cc1cncc(C2=CCCC3CCCNC23)c1. The van der Waals surface area contributed by atoms with Crippen LogP contribution >= 0.6 is 0 Å². The zero-order valence-electron chi connectivity index (χ0n) is 10.7. The highest BCUT2D eigenvalue weighted by atomic mass is 14.9. The minimum Gasteiger partial charge on any atom is -0.310 e. The van der Waals surface area contributed by atoms with Gasteiger partial charge in [-0.1, -0.05) is 18.7 Å². The first-order valence-electron chi connectivity index (χ1n) is 6.90. The quantitative estimate of drug-likeness (QED) is 0.858. The lowest BCUT2D eigenvalue weighted by Gasteiger charge is -2.37. The lowest BCUT2D eigenvalue weighted by Crippen LogP contribution is -2.43. The molecule has 2 atom stereocenters. The van der Waals surface area contributed by atoms with Gasteiger partial charge in [0.05, 0.1) is 0 Å². The van der Waals surface area contributed by atoms with Gasteiger partial charge in [0.1, 0.15) is 0 Å². The van der Waals surface area contributed by atoms with Crippen molar-refractivity contribution in [2.24, 2.45) is 5.92 Å². The molecule has 0 aromatic carbocycles. The van der Waals surface area contributed by atoms with Crippen molar-refractivity contribution in [3.05, 3.63) is 42.2 Å². The Hall–Kier alpha value is -1.41. The maximum atomic E-state index is 4.33. The lowest BCUT2D eigenvalue weighted by molar-refractivity contribution is 0.304. The molecule has 2 unspecified atom stereocenters. The van der Waals surface area contributed by atoms with Crippen LogP contribution in [-0.2, 0) is 0 Å². The van der Waals surface area contributed by atoms with Crippen LogP contribution in [0.25, 0.3) is 11.6 Å². The molecule has 0 radical (unpaired) electrons. The number of allylic oxidation sites excluding steroid dienone is 1. The van der Waals surface area contributed by atoms with Gasteiger partial charge in [0.25, 0.3) is 0 Å². The Morgan fingerprint density at radius 1 is 1.33 bits per heavy atom. The van der Waals surface area contributed by atoms with Gasteiger partial charge < -0.3 is 5.32 Å². The smallest absolute Gasteiger partial charge is 0.0352 e. The summed E-state index contributed by atoms with van der Waals surface area (Å²) in [4.78, 5) is 4.33. The van der Waals surface area contributed by atoms with Crippen LogP contribution in [0.2, 0.25) is 0 Å². The summed E-state index contributed by atoms with van der Waals surface area (Å²) in [5.74, 6) is 0.811. The summed E-state index contributed by atoms with van der Waals surface area (Å²) in [5, 5.41) is 3.69. The van der Waals surface area contributed by atoms with Gasteiger partial charge >= 0.3 is 0 Å². The molecular formula is C16H20N2. The Morgan fingerprint density at radius 2 is 2.28 bits per heavy atom. The first-order valence-corrected chi connectivity index (χ1v) is 6.90. The summed E-state index contributed by atoms with van der Waals surface area (Å²) < 4.78 is 0. The molecule has 1 saturated heterocycles. The molecule has 1 aliphatic carbocycles. The van der Waals surface area contributed by atoms with E-state index in [2.05, 4.69) is 29.0 Å². The molecule has 1 aromatic heterocycles. The van der Waals surface area contributed by atoms with E-state index in [-0.39, 0.29) is 0 Å². The van der Waals surface area contributed by atoms with Crippen LogP contribution in [0.15, 0.2) is 31.1 Å². The van der Waals surface area contributed by atoms with Gasteiger partial charge in [-0.2, -0.15) is 0 Å². The van der Waals surface area contributed by atoms with Crippen LogP contribution in [0.4, 0.5) is 0 Å². The van der Waals surface area contributed by atoms with Crippen molar-refractivity contribution in [3.8, 4) is 0 Å². The highest BCUT2D eigenvalue weighted by Crippen LogP contribution is 2.35. The topological polar surface area (TPSA) is 24.9 Å². The first-order chi connectivity index (χ1) is 8.88. The van der Waals surface area contributed by atoms with E-state index in [0.717, 1.165) is 18.0 Å². The molecule has 0 bridgehead atoms. The van der Waals surface area contributed by atoms with Crippen LogP contribution < -0.4 is 5.32 Å². The molecule has 0 spiro atoms. The third kappa shape index (κ3) is 2.13. The molecular weight excluding hydrogens is 220 g/mol. The van der Waals surface area contributed by atoms with Gasteiger partial charge in [-0.3, -0.25) is 4.98 Å². The summed E-state index contributed by atoms with van der Waals surface area (Å²) in [7, 11) is 0. The number of pyridine rings is 1. The van der Waals surface area contributed by atoms with Crippen LogP contribution in [0.1, 0.15) is 36.8 Å². The number of hydrogen-bond acceptors (Lipinski definition) is 2. The third-order valence-electron chi connectivity index (χ3n) is 4.15. The maximum absolute atomic E-state index is 4.33. The molecule has 0 saturated carbocycles. The Labute approximate surface area is 109 Å². The summed E-state index contributed by atoms with van der Waals surface area (Å²) in [6, 6.07) is 2.74. The van der Waals surface area contributed by atoms with Gasteiger partial charge in [0, 0.05) is 18.4 Å². The highest BCUT2D eigenvalue weighted by Gasteiger charge is 2.30. The normalized spacial score (nSPS) is 27.2. The lowest BCUT2D eigenvalue weighted by atomic mass is 9.77. The number of nitrogens with zero attached hydrogens (tertiary/aromatic N) is 1. The van der Waals surface area contributed by atoms with E-state index in [1.54, 1.807) is 0 Å². The van der Waals surface area contributed by atoms with Crippen molar-refractivity contribution >= 4 is 11.6 Å². The second-order valence-corrected chi connectivity index (χ2v) is 5.28. The maximum Gasteiger partial charge on any atom is 0.0352 e. The molecule has 94 valence electrons. The molecule has 2 heterocycles. The summed E-state index contributed by atoms with van der Waals surface area (Å²) in [6.45, 7) is 4.97. The number of hydrogen-bond donors (Lipinski definition) is 1. The molecule has 1 N–H and O–H groups in total. The average molecular weight is 240 g/mol. The number of piperidine rings is 1. The predicted octanol–water partition coefficient (Wildman–Crippen LogP) is 3.27. The zero-order chi connectivity index (χ0) is 12.4. The second-order valence-electron chi connectivity index (χ2n) is 5.28. The monoisotopic (exact) mass is 240 g/mol. The largest absolute Gasteiger partial charge is 0.310 e. The Balaban J connectivity index is 1.93. The third-order valence-corrected chi connectivity index (χ3v) is 4.15. The molecule has 0 amide bonds. The van der Waals surface area contributed by atoms with Crippen molar-refractivity contribution < 1.29 is 0 Å². The van der Waals surface area contributed by atoms with E-state index in [0.29, 0.717) is 6.04 Å². The van der Waals surface area contributed by atoms with E-state index >= 15 is 0 Å². The number of nitrogens with one attached hydrogen (secondary N) is 1. The van der Waals surface area contributed by atoms with Crippen molar-refractivity contribution in [2.75, 3.05) is 6.54 Å². The van der Waals surface area contributed by atoms with Gasteiger partial charge in [0.15, 0.2) is 0 Å². The van der Waals surface area contributed by atoms with Crippen LogP contribution in [0.3, 0.4) is 0 Å². The number of aromatic nitrogens is 1. The standard InChI is InChI=1S/C16H20N2/c1-2-12-9-14(11-17-10-12)15-7-3-5-13-6-4-8-18-16(13)15/h2,7,9-11,13,16,18H,1,3-6,8H2. The molecule has 2 nitrogen and oxygen atoms in total. The molecule has 1 fully saturated rings. The van der Waals surface area contributed by atoms with E-state index < -0.39 is 0 Å². The van der Waals surface area contributed by atoms with Crippen LogP contribution in [0, 0.1) is 5.92 Å². The Bertz CT molecular complexity index is 476. The average Bonchev–Trinajstić information content (AvgIpc) is 2.47. The molecule has 18 heavy (non-hydrogen) atoms. The minimum absolute atomic E-state index is 0.536. The molecule has 2 heteroatoms. The fourth-order valence-electron chi connectivity index (χ4n) is 3.23. The van der Waals surface area contributed by atoms with Crippen molar-refractivity contribution in [1.82, 2.24) is 10.3 Å². The summed E-state index contributed by atoms with van der Waals surface area (Å²) in [6.07, 6.45) is 13.3. The van der Waals surface area contributed by atoms with E-state index in [9.17, 15) is 0 Å². The molecule has 2 aliphatic rings. The number of rotatable bonds is 2. The van der Waals surface area contributed by atoms with Crippen LogP contribution in [0.5, 0.6) is 0 Å². The fourth-order valence-corrected chi connectivity index (χ4v) is 3.23. The molecule has 3 rings (SSSR count). The van der Waals surface area contributed by atoms with Gasteiger partial charge in [0.2, 0.25) is 0 Å². The second kappa shape index (κ2) is 5.07. The van der Waals surface area contributed by atoms with Crippen molar-refractivity contribution in [3.63, 3.8) is 0 Å². The van der Waals surface area contributed by atoms with Gasteiger partial charge in [-0.25, -0.2) is 0 Å². The molecule has 1 aromatic rings. The summed E-state index contributed by atoms with van der Waals surface area (Å²) >= 11 is 0. The first kappa shape index (κ1) is 11.7. The Morgan fingerprint density at radius 3 is 3.17 bits per heavy atom. The van der Waals surface area contributed by atoms with E-state index in [1.807, 2.05) is 18.5 Å².